The van der Waals surface area contributed by atoms with E-state index in [4.69, 9.17) is 0 Å². The lowest BCUT2D eigenvalue weighted by atomic mass is 9.78. The molecule has 1 heteroatoms. The highest BCUT2D eigenvalue weighted by atomic mass is 16.3. The largest absolute Gasteiger partial charge is 0.389 e. The van der Waals surface area contributed by atoms with Gasteiger partial charge in [-0.3, -0.25) is 0 Å². The van der Waals surface area contributed by atoms with Gasteiger partial charge in [0.05, 0.1) is 5.60 Å². The highest BCUT2D eigenvalue weighted by molar-refractivity contribution is 5.07. The van der Waals surface area contributed by atoms with Gasteiger partial charge < -0.3 is 5.11 Å². The Bertz CT molecular complexity index is 193. The average Bonchev–Trinajstić information content (AvgIpc) is 2.80. The molecule has 0 bridgehead atoms. The van der Waals surface area contributed by atoms with E-state index in [1.54, 1.807) is 0 Å². The van der Waals surface area contributed by atoms with Gasteiger partial charge in [-0.1, -0.05) is 33.1 Å². The Labute approximate surface area is 87.9 Å². The average molecular weight is 196 g/mol. The van der Waals surface area contributed by atoms with Crippen molar-refractivity contribution in [1.29, 1.82) is 0 Å². The Balaban J connectivity index is 1.84. The maximum atomic E-state index is 10.4. The van der Waals surface area contributed by atoms with Crippen molar-refractivity contribution in [2.45, 2.75) is 64.4 Å². The van der Waals surface area contributed by atoms with E-state index >= 15 is 0 Å². The first-order valence-corrected chi connectivity index (χ1v) is 6.39. The maximum absolute atomic E-state index is 10.4. The van der Waals surface area contributed by atoms with Gasteiger partial charge >= 0.3 is 0 Å². The lowest BCUT2D eigenvalue weighted by Crippen LogP contribution is -2.28. The van der Waals surface area contributed by atoms with Gasteiger partial charge in [0.1, 0.15) is 0 Å². The van der Waals surface area contributed by atoms with E-state index in [0.29, 0.717) is 11.8 Å². The van der Waals surface area contributed by atoms with Crippen molar-refractivity contribution >= 4 is 0 Å². The molecule has 2 fully saturated rings. The molecule has 0 radical (unpaired) electrons. The molecule has 0 aromatic rings. The number of rotatable bonds is 3. The monoisotopic (exact) mass is 196 g/mol. The molecule has 0 amide bonds. The van der Waals surface area contributed by atoms with Gasteiger partial charge in [0, 0.05) is 0 Å². The topological polar surface area (TPSA) is 20.2 Å². The Morgan fingerprint density at radius 1 is 1.21 bits per heavy atom. The Morgan fingerprint density at radius 3 is 2.43 bits per heavy atom. The lowest BCUT2D eigenvalue weighted by Gasteiger charge is -2.30. The first-order chi connectivity index (χ1) is 6.66. The normalized spacial score (nSPS) is 47.8. The summed E-state index contributed by atoms with van der Waals surface area (Å²) < 4.78 is 0. The fourth-order valence-corrected chi connectivity index (χ4v) is 3.30. The van der Waals surface area contributed by atoms with E-state index < -0.39 is 0 Å². The fourth-order valence-electron chi connectivity index (χ4n) is 3.30. The third-order valence-corrected chi connectivity index (χ3v) is 4.48. The predicted molar refractivity (Wildman–Crippen MR) is 59.1 cm³/mol. The van der Waals surface area contributed by atoms with Crippen LogP contribution < -0.4 is 0 Å². The smallest absolute Gasteiger partial charge is 0.0708 e. The zero-order valence-corrected chi connectivity index (χ0v) is 9.63. The van der Waals surface area contributed by atoms with Crippen LogP contribution in [0.25, 0.3) is 0 Å². The summed E-state index contributed by atoms with van der Waals surface area (Å²) >= 11 is 0. The minimum absolute atomic E-state index is 0.226. The summed E-state index contributed by atoms with van der Waals surface area (Å²) in [5.41, 5.74) is -0.226. The molecule has 0 saturated heterocycles. The summed E-state index contributed by atoms with van der Waals surface area (Å²) in [6.45, 7) is 4.57. The van der Waals surface area contributed by atoms with Crippen molar-refractivity contribution in [2.75, 3.05) is 0 Å². The van der Waals surface area contributed by atoms with Gasteiger partial charge in [0.15, 0.2) is 0 Å². The summed E-state index contributed by atoms with van der Waals surface area (Å²) in [7, 11) is 0. The minimum atomic E-state index is -0.226. The lowest BCUT2D eigenvalue weighted by molar-refractivity contribution is 0.0368. The van der Waals surface area contributed by atoms with Crippen LogP contribution >= 0.6 is 0 Å². The van der Waals surface area contributed by atoms with E-state index in [9.17, 15) is 5.11 Å². The van der Waals surface area contributed by atoms with E-state index in [1.807, 2.05) is 0 Å². The fraction of sp³-hybridized carbons (Fsp3) is 1.00. The first kappa shape index (κ1) is 10.5. The first-order valence-electron chi connectivity index (χ1n) is 6.39. The van der Waals surface area contributed by atoms with E-state index in [0.717, 1.165) is 12.3 Å². The number of hydrogen-bond acceptors (Lipinski definition) is 1. The van der Waals surface area contributed by atoms with Crippen LogP contribution in [0.4, 0.5) is 0 Å². The molecule has 0 aromatic heterocycles. The van der Waals surface area contributed by atoms with Gasteiger partial charge in [-0.15, -0.1) is 0 Å². The van der Waals surface area contributed by atoms with Crippen molar-refractivity contribution < 1.29 is 5.11 Å². The van der Waals surface area contributed by atoms with Crippen molar-refractivity contribution in [1.82, 2.24) is 0 Å². The Hall–Kier alpha value is -0.0400. The molecule has 82 valence electrons. The zero-order valence-electron chi connectivity index (χ0n) is 9.63. The van der Waals surface area contributed by atoms with Crippen molar-refractivity contribution in [3.63, 3.8) is 0 Å². The molecule has 14 heavy (non-hydrogen) atoms. The molecule has 2 rings (SSSR count). The van der Waals surface area contributed by atoms with Crippen molar-refractivity contribution in [2.24, 2.45) is 17.8 Å². The minimum Gasteiger partial charge on any atom is -0.389 e. The third kappa shape index (κ3) is 1.84. The Morgan fingerprint density at radius 2 is 1.86 bits per heavy atom. The van der Waals surface area contributed by atoms with Gasteiger partial charge in [0.2, 0.25) is 0 Å². The number of hydrogen-bond donors (Lipinski definition) is 1. The molecule has 0 heterocycles. The van der Waals surface area contributed by atoms with Crippen molar-refractivity contribution in [3.8, 4) is 0 Å². The zero-order chi connectivity index (χ0) is 10.2. The van der Waals surface area contributed by atoms with Crippen LogP contribution in [0, 0.1) is 17.8 Å². The molecular weight excluding hydrogens is 172 g/mol. The highest BCUT2D eigenvalue weighted by Gasteiger charge is 2.56. The summed E-state index contributed by atoms with van der Waals surface area (Å²) in [5.74, 6) is 2.18. The standard InChI is InChI=1S/C13H24O/c1-3-4-12-9-13(12,14)11-7-5-10(2)6-8-11/h10-12,14H,3-9H2,1-2H3. The van der Waals surface area contributed by atoms with Crippen LogP contribution in [0.15, 0.2) is 0 Å². The van der Waals surface area contributed by atoms with Gasteiger partial charge in [-0.25, -0.2) is 0 Å². The molecule has 2 aliphatic rings. The molecule has 0 spiro atoms. The molecule has 0 aromatic carbocycles. The second kappa shape index (κ2) is 3.84. The van der Waals surface area contributed by atoms with Crippen LogP contribution in [0.5, 0.6) is 0 Å². The van der Waals surface area contributed by atoms with E-state index in [-0.39, 0.29) is 5.60 Å². The molecular formula is C13H24O. The second-order valence-electron chi connectivity index (χ2n) is 5.64. The second-order valence-corrected chi connectivity index (χ2v) is 5.64. The van der Waals surface area contributed by atoms with Crippen LogP contribution in [-0.2, 0) is 0 Å². The highest BCUT2D eigenvalue weighted by Crippen LogP contribution is 2.55. The summed E-state index contributed by atoms with van der Waals surface area (Å²) in [4.78, 5) is 0. The molecule has 1 N–H and O–H groups in total. The Kier molecular flexibility index (Phi) is 2.88. The summed E-state index contributed by atoms with van der Waals surface area (Å²) in [6.07, 6.45) is 8.80. The van der Waals surface area contributed by atoms with Crippen LogP contribution in [0.3, 0.4) is 0 Å². The predicted octanol–water partition coefficient (Wildman–Crippen LogP) is 3.36. The van der Waals surface area contributed by atoms with Gasteiger partial charge in [0.25, 0.3) is 0 Å². The molecule has 1 nitrogen and oxygen atoms in total. The SMILES string of the molecule is CCCC1CC1(O)C1CCC(C)CC1. The summed E-state index contributed by atoms with van der Waals surface area (Å²) in [6, 6.07) is 0. The van der Waals surface area contributed by atoms with E-state index in [2.05, 4.69) is 13.8 Å². The summed E-state index contributed by atoms with van der Waals surface area (Å²) in [5, 5.41) is 10.4. The van der Waals surface area contributed by atoms with Crippen LogP contribution in [0.2, 0.25) is 0 Å². The molecule has 2 aliphatic carbocycles. The molecule has 2 atom stereocenters. The van der Waals surface area contributed by atoms with Crippen LogP contribution in [-0.4, -0.2) is 10.7 Å². The molecule has 2 unspecified atom stereocenters. The van der Waals surface area contributed by atoms with Gasteiger partial charge in [-0.05, 0) is 43.4 Å². The quantitative estimate of drug-likeness (QED) is 0.734. The van der Waals surface area contributed by atoms with Gasteiger partial charge in [-0.2, -0.15) is 0 Å². The molecule has 2 saturated carbocycles. The van der Waals surface area contributed by atoms with E-state index in [1.165, 1.54) is 38.5 Å². The maximum Gasteiger partial charge on any atom is 0.0708 e. The van der Waals surface area contributed by atoms with Crippen molar-refractivity contribution in [3.05, 3.63) is 0 Å². The molecule has 0 aliphatic heterocycles. The van der Waals surface area contributed by atoms with Crippen LogP contribution in [0.1, 0.15) is 58.8 Å². The third-order valence-electron chi connectivity index (χ3n) is 4.48. The number of aliphatic hydroxyl groups is 1.